The summed E-state index contributed by atoms with van der Waals surface area (Å²) in [6.45, 7) is 3.73. The van der Waals surface area contributed by atoms with Crippen LogP contribution < -0.4 is 0 Å². The van der Waals surface area contributed by atoms with E-state index in [1.54, 1.807) is 6.08 Å². The number of rotatable bonds is 19. The minimum Gasteiger partial charge on any atom is -0.481 e. The lowest BCUT2D eigenvalue weighted by molar-refractivity contribution is -0.154. The topological polar surface area (TPSA) is 74.6 Å². The van der Waals surface area contributed by atoms with Crippen LogP contribution in [0.25, 0.3) is 0 Å². The molecule has 0 aromatic carbocycles. The summed E-state index contributed by atoms with van der Waals surface area (Å²) in [5.41, 5.74) is 0. The van der Waals surface area contributed by atoms with Gasteiger partial charge in [0.15, 0.2) is 5.92 Å². The van der Waals surface area contributed by atoms with Crippen molar-refractivity contribution in [1.82, 2.24) is 0 Å². The van der Waals surface area contributed by atoms with Crippen LogP contribution >= 0.6 is 0 Å². The Morgan fingerprint density at radius 1 is 0.607 bits per heavy atom. The maximum Gasteiger partial charge on any atom is 0.318 e. The van der Waals surface area contributed by atoms with Gasteiger partial charge in [-0.25, -0.2) is 0 Å². The highest BCUT2D eigenvalue weighted by molar-refractivity contribution is 5.92. The van der Waals surface area contributed by atoms with Crippen LogP contribution in [-0.4, -0.2) is 22.2 Å². The SMILES string of the molecule is C=CCCCC/C=C/CCCC/C=C/CCCC/C=C/CC(C(=O)O)C(=O)O. The molecular weight excluding hydrogens is 352 g/mol. The third-order valence-corrected chi connectivity index (χ3v) is 4.48. The molecule has 0 aromatic heterocycles. The first-order chi connectivity index (χ1) is 13.6. The smallest absolute Gasteiger partial charge is 0.318 e. The molecular formula is C24H38O4. The Morgan fingerprint density at radius 3 is 1.25 bits per heavy atom. The number of allylic oxidation sites excluding steroid dienone is 7. The van der Waals surface area contributed by atoms with E-state index in [0.29, 0.717) is 0 Å². The number of hydrogen-bond donors (Lipinski definition) is 2. The zero-order valence-corrected chi connectivity index (χ0v) is 17.2. The van der Waals surface area contributed by atoms with E-state index in [4.69, 9.17) is 10.2 Å². The van der Waals surface area contributed by atoms with Crippen LogP contribution in [-0.2, 0) is 9.59 Å². The molecule has 0 fully saturated rings. The van der Waals surface area contributed by atoms with Crippen LogP contribution in [0.4, 0.5) is 0 Å². The van der Waals surface area contributed by atoms with Crippen LogP contribution in [0.2, 0.25) is 0 Å². The molecule has 0 heterocycles. The standard InChI is InChI=1S/C24H38O4/c1-2-3-4-5-6-7-8-9-10-11-12-13-14-15-16-17-18-19-20-21-22(23(25)26)24(27)28/h2,7-8,13-14,19-20,22H,1,3-6,9-12,15-18,21H2,(H,25,26)(H,27,28)/b8-7+,14-13+,20-19+. The van der Waals surface area contributed by atoms with Crippen molar-refractivity contribution in [1.29, 1.82) is 0 Å². The molecule has 2 N–H and O–H groups in total. The van der Waals surface area contributed by atoms with E-state index in [1.165, 1.54) is 38.5 Å². The summed E-state index contributed by atoms with van der Waals surface area (Å²) in [5.74, 6) is -3.90. The van der Waals surface area contributed by atoms with Gasteiger partial charge in [0.05, 0.1) is 0 Å². The van der Waals surface area contributed by atoms with Gasteiger partial charge in [-0.15, -0.1) is 6.58 Å². The van der Waals surface area contributed by atoms with E-state index < -0.39 is 17.9 Å². The van der Waals surface area contributed by atoms with Crippen molar-refractivity contribution in [3.8, 4) is 0 Å². The molecule has 0 spiro atoms. The lowest BCUT2D eigenvalue weighted by Crippen LogP contribution is -2.22. The van der Waals surface area contributed by atoms with E-state index in [2.05, 4.69) is 30.9 Å². The van der Waals surface area contributed by atoms with Gasteiger partial charge < -0.3 is 10.2 Å². The third kappa shape index (κ3) is 17.3. The summed E-state index contributed by atoms with van der Waals surface area (Å²) in [7, 11) is 0. The number of aliphatic carboxylic acids is 2. The molecule has 0 aliphatic rings. The molecule has 0 amide bonds. The second-order valence-corrected chi connectivity index (χ2v) is 7.02. The van der Waals surface area contributed by atoms with Crippen molar-refractivity contribution >= 4 is 11.9 Å². The third-order valence-electron chi connectivity index (χ3n) is 4.48. The molecule has 0 saturated heterocycles. The number of unbranched alkanes of at least 4 members (excludes halogenated alkanes) is 9. The average Bonchev–Trinajstić information content (AvgIpc) is 2.65. The van der Waals surface area contributed by atoms with Gasteiger partial charge in [0, 0.05) is 0 Å². The van der Waals surface area contributed by atoms with E-state index in [0.717, 1.165) is 38.5 Å². The van der Waals surface area contributed by atoms with Gasteiger partial charge in [-0.05, 0) is 83.5 Å². The van der Waals surface area contributed by atoms with Gasteiger partial charge in [0.2, 0.25) is 0 Å². The Labute approximate surface area is 170 Å². The van der Waals surface area contributed by atoms with Crippen LogP contribution in [0.5, 0.6) is 0 Å². The number of carbonyl (C=O) groups is 2. The molecule has 0 unspecified atom stereocenters. The van der Waals surface area contributed by atoms with E-state index in [1.807, 2.05) is 12.2 Å². The monoisotopic (exact) mass is 390 g/mol. The fourth-order valence-electron chi connectivity index (χ4n) is 2.73. The van der Waals surface area contributed by atoms with Crippen molar-refractivity contribution in [3.05, 3.63) is 49.1 Å². The van der Waals surface area contributed by atoms with Crippen molar-refractivity contribution in [3.63, 3.8) is 0 Å². The van der Waals surface area contributed by atoms with Gasteiger partial charge in [-0.2, -0.15) is 0 Å². The molecule has 0 aliphatic carbocycles. The summed E-state index contributed by atoms with van der Waals surface area (Å²) in [5, 5.41) is 17.5. The van der Waals surface area contributed by atoms with Crippen molar-refractivity contribution in [2.24, 2.45) is 5.92 Å². The first-order valence-corrected chi connectivity index (χ1v) is 10.6. The van der Waals surface area contributed by atoms with Gasteiger partial charge in [0.25, 0.3) is 0 Å². The molecule has 4 heteroatoms. The minimum absolute atomic E-state index is 0.0507. The summed E-state index contributed by atoms with van der Waals surface area (Å²) in [6.07, 6.45) is 28.3. The quantitative estimate of drug-likeness (QED) is 0.146. The largest absolute Gasteiger partial charge is 0.481 e. The molecule has 4 nitrogen and oxygen atoms in total. The highest BCUT2D eigenvalue weighted by atomic mass is 16.4. The van der Waals surface area contributed by atoms with Crippen LogP contribution in [0.15, 0.2) is 49.1 Å². The molecule has 0 aliphatic heterocycles. The average molecular weight is 391 g/mol. The Balaban J connectivity index is 3.46. The number of hydrogen-bond acceptors (Lipinski definition) is 2. The van der Waals surface area contributed by atoms with Crippen LogP contribution in [0, 0.1) is 5.92 Å². The predicted octanol–water partition coefficient (Wildman–Crippen LogP) is 6.70. The van der Waals surface area contributed by atoms with E-state index in [9.17, 15) is 9.59 Å². The van der Waals surface area contributed by atoms with Crippen molar-refractivity contribution in [2.45, 2.75) is 83.5 Å². The molecule has 0 aromatic rings. The minimum atomic E-state index is -1.34. The second-order valence-electron chi connectivity index (χ2n) is 7.02. The maximum absolute atomic E-state index is 10.7. The van der Waals surface area contributed by atoms with Gasteiger partial charge in [-0.1, -0.05) is 42.5 Å². The van der Waals surface area contributed by atoms with Crippen LogP contribution in [0.3, 0.4) is 0 Å². The zero-order chi connectivity index (χ0) is 20.9. The van der Waals surface area contributed by atoms with Crippen LogP contribution in [0.1, 0.15) is 83.5 Å². The summed E-state index contributed by atoms with van der Waals surface area (Å²) in [6, 6.07) is 0. The molecule has 28 heavy (non-hydrogen) atoms. The maximum atomic E-state index is 10.7. The highest BCUT2D eigenvalue weighted by Crippen LogP contribution is 2.08. The normalized spacial score (nSPS) is 11.9. The lowest BCUT2D eigenvalue weighted by atomic mass is 10.1. The zero-order valence-electron chi connectivity index (χ0n) is 17.2. The molecule has 0 bridgehead atoms. The van der Waals surface area contributed by atoms with Crippen molar-refractivity contribution in [2.75, 3.05) is 0 Å². The number of carboxylic acids is 2. The summed E-state index contributed by atoms with van der Waals surface area (Å²) >= 11 is 0. The summed E-state index contributed by atoms with van der Waals surface area (Å²) < 4.78 is 0. The highest BCUT2D eigenvalue weighted by Gasteiger charge is 2.23. The Kier molecular flexibility index (Phi) is 18.2. The Bertz CT molecular complexity index is 489. The van der Waals surface area contributed by atoms with Crippen molar-refractivity contribution < 1.29 is 19.8 Å². The molecule has 0 radical (unpaired) electrons. The van der Waals surface area contributed by atoms with Gasteiger partial charge >= 0.3 is 11.9 Å². The molecule has 0 rings (SSSR count). The fraction of sp³-hybridized carbons (Fsp3) is 0.583. The van der Waals surface area contributed by atoms with Gasteiger partial charge in [0.1, 0.15) is 0 Å². The molecule has 158 valence electrons. The second kappa shape index (κ2) is 19.7. The molecule has 0 saturated carbocycles. The molecule has 0 atom stereocenters. The Hall–Kier alpha value is -2.10. The lowest BCUT2D eigenvalue weighted by Gasteiger charge is -2.02. The first-order valence-electron chi connectivity index (χ1n) is 10.6. The van der Waals surface area contributed by atoms with E-state index in [-0.39, 0.29) is 6.42 Å². The predicted molar refractivity (Wildman–Crippen MR) is 116 cm³/mol. The Morgan fingerprint density at radius 2 is 0.929 bits per heavy atom. The number of carboxylic acid groups (broad SMARTS) is 2. The first kappa shape index (κ1) is 25.9. The fourth-order valence-corrected chi connectivity index (χ4v) is 2.73. The van der Waals surface area contributed by atoms with E-state index >= 15 is 0 Å². The summed E-state index contributed by atoms with van der Waals surface area (Å²) in [4.78, 5) is 21.5. The van der Waals surface area contributed by atoms with Gasteiger partial charge in [-0.3, -0.25) is 9.59 Å².